The quantitative estimate of drug-likeness (QED) is 0.166. The highest BCUT2D eigenvalue weighted by molar-refractivity contribution is 6.04. The average Bonchev–Trinajstić information content (AvgIpc) is 3.47. The fraction of sp³-hybridized carbons (Fsp3) is 0.303. The summed E-state index contributed by atoms with van der Waals surface area (Å²) in [6.45, 7) is 8.10. The molecule has 216 valence electrons. The van der Waals surface area contributed by atoms with Crippen LogP contribution in [0.4, 0.5) is 0 Å². The van der Waals surface area contributed by atoms with E-state index in [0.29, 0.717) is 11.0 Å². The number of nitrogens with one attached hydrogen (secondary N) is 1. The van der Waals surface area contributed by atoms with Crippen LogP contribution in [0.25, 0.3) is 27.5 Å². The van der Waals surface area contributed by atoms with Crippen LogP contribution < -0.4 is 11.1 Å². The lowest BCUT2D eigenvalue weighted by Gasteiger charge is -2.34. The van der Waals surface area contributed by atoms with Crippen LogP contribution in [0, 0.1) is 0 Å². The number of aromatic amines is 1. The molecule has 2 aromatic heterocycles. The Kier molecular flexibility index (Phi) is 8.03. The van der Waals surface area contributed by atoms with Gasteiger partial charge in [0.2, 0.25) is 0 Å². The van der Waals surface area contributed by atoms with Crippen LogP contribution >= 0.6 is 0 Å². The number of piperazine rings is 1. The first-order valence-corrected chi connectivity index (χ1v) is 14.5. The molecule has 0 radical (unpaired) electrons. The molecule has 0 bridgehead atoms. The molecule has 5 aromatic rings. The molecule has 3 heterocycles. The van der Waals surface area contributed by atoms with E-state index in [1.165, 1.54) is 15.7 Å². The third-order valence-electron chi connectivity index (χ3n) is 7.95. The molecule has 0 spiro atoms. The maximum Gasteiger partial charge on any atom is 0.316 e. The zero-order valence-corrected chi connectivity index (χ0v) is 23.8. The molecule has 1 aliphatic rings. The predicted octanol–water partition coefficient (Wildman–Crippen LogP) is 3.90. The first-order chi connectivity index (χ1) is 20.5. The van der Waals surface area contributed by atoms with Crippen LogP contribution in [0.5, 0.6) is 0 Å². The summed E-state index contributed by atoms with van der Waals surface area (Å²) < 4.78 is 8.53. The minimum Gasteiger partial charge on any atom is -0.466 e. The Morgan fingerprint density at radius 2 is 1.60 bits per heavy atom. The van der Waals surface area contributed by atoms with E-state index in [1.54, 1.807) is 13.0 Å². The van der Waals surface area contributed by atoms with Crippen molar-refractivity contribution in [3.63, 3.8) is 0 Å². The fourth-order valence-electron chi connectivity index (χ4n) is 5.79. The summed E-state index contributed by atoms with van der Waals surface area (Å²) in [5.74, 6) is -0.406. The molecule has 1 N–H and O–H groups in total. The third-order valence-corrected chi connectivity index (χ3v) is 7.95. The molecule has 1 aliphatic heterocycles. The molecule has 42 heavy (non-hydrogen) atoms. The number of ether oxygens (including phenoxy) is 1. The smallest absolute Gasteiger partial charge is 0.316 e. The minimum absolute atomic E-state index is 0.00382. The molecule has 0 atom stereocenters. The first-order valence-electron chi connectivity index (χ1n) is 14.5. The molecule has 0 amide bonds. The summed E-state index contributed by atoms with van der Waals surface area (Å²) in [5, 5.41) is 1.76. The highest BCUT2D eigenvalue weighted by Crippen LogP contribution is 2.26. The lowest BCUT2D eigenvalue weighted by atomic mass is 10.1. The zero-order valence-electron chi connectivity index (χ0n) is 23.8. The number of nitrogens with zero attached hydrogens (tertiary/aromatic N) is 4. The van der Waals surface area contributed by atoms with Crippen molar-refractivity contribution in [2.24, 2.45) is 0 Å². The van der Waals surface area contributed by atoms with Gasteiger partial charge in [-0.1, -0.05) is 42.5 Å². The normalized spacial score (nSPS) is 14.5. The van der Waals surface area contributed by atoms with E-state index >= 15 is 0 Å². The van der Waals surface area contributed by atoms with Gasteiger partial charge in [-0.15, -0.1) is 0 Å². The number of benzene rings is 3. The number of aromatic nitrogens is 3. The number of esters is 1. The average molecular weight is 566 g/mol. The van der Waals surface area contributed by atoms with Gasteiger partial charge in [0.05, 0.1) is 24.1 Å². The number of hydrogen-bond acceptors (Lipinski definition) is 6. The molecule has 9 nitrogen and oxygen atoms in total. The molecule has 6 rings (SSSR count). The van der Waals surface area contributed by atoms with Crippen LogP contribution in [0.1, 0.15) is 24.5 Å². The Morgan fingerprint density at radius 1 is 0.881 bits per heavy atom. The second-order valence-corrected chi connectivity index (χ2v) is 10.8. The van der Waals surface area contributed by atoms with Gasteiger partial charge in [0.25, 0.3) is 0 Å². The Hall–Kier alpha value is -4.47. The van der Waals surface area contributed by atoms with Crippen LogP contribution in [-0.4, -0.2) is 62.7 Å². The van der Waals surface area contributed by atoms with Gasteiger partial charge >= 0.3 is 17.1 Å². The lowest BCUT2D eigenvalue weighted by Crippen LogP contribution is -2.45. The second-order valence-electron chi connectivity index (χ2n) is 10.8. The van der Waals surface area contributed by atoms with Gasteiger partial charge in [-0.25, -0.2) is 0 Å². The number of carbonyl (C=O) groups is 1. The van der Waals surface area contributed by atoms with Crippen molar-refractivity contribution < 1.29 is 9.53 Å². The molecule has 0 unspecified atom stereocenters. The van der Waals surface area contributed by atoms with Crippen molar-refractivity contribution in [3.8, 4) is 5.69 Å². The van der Waals surface area contributed by atoms with Crippen molar-refractivity contribution in [1.82, 2.24) is 23.9 Å². The molecule has 0 saturated carbocycles. The van der Waals surface area contributed by atoms with Crippen molar-refractivity contribution in [1.29, 1.82) is 0 Å². The molecule has 1 fully saturated rings. The summed E-state index contributed by atoms with van der Waals surface area (Å²) in [6, 6.07) is 22.6. The van der Waals surface area contributed by atoms with Crippen molar-refractivity contribution in [3.05, 3.63) is 111 Å². The SMILES string of the molecule is CCOC(=O)CCn1c(=O)c(=O)[nH]c2ccc3ccc(-n4ccc(CN5CCN(Cc6ccccc6)CC5)c4)cc3c21. The van der Waals surface area contributed by atoms with Gasteiger partial charge in [0.15, 0.2) is 0 Å². The van der Waals surface area contributed by atoms with Crippen LogP contribution in [0.15, 0.2) is 88.7 Å². The van der Waals surface area contributed by atoms with E-state index in [9.17, 15) is 14.4 Å². The standard InChI is InChI=1S/C33H35N5O4/c1-2-42-30(39)13-15-38-31-28-20-27(10-8-26(28)9-11-29(31)34-32(40)33(38)41)37-14-12-25(23-37)22-36-18-16-35(17-19-36)21-24-6-4-3-5-7-24/h3-12,14,20,23H,2,13,15-19,21-22H2,1H3,(H,34,40). The number of fused-ring (bicyclic) bond motifs is 3. The Morgan fingerprint density at radius 3 is 2.33 bits per heavy atom. The van der Waals surface area contributed by atoms with E-state index in [4.69, 9.17) is 4.74 Å². The number of aryl methyl sites for hydroxylation is 1. The maximum atomic E-state index is 12.9. The first kappa shape index (κ1) is 27.7. The Balaban J connectivity index is 1.22. The van der Waals surface area contributed by atoms with E-state index in [1.807, 2.05) is 24.3 Å². The van der Waals surface area contributed by atoms with E-state index < -0.39 is 17.1 Å². The predicted molar refractivity (Wildman–Crippen MR) is 164 cm³/mol. The molecular weight excluding hydrogens is 530 g/mol. The number of carbonyl (C=O) groups excluding carboxylic acids is 1. The van der Waals surface area contributed by atoms with Gasteiger partial charge in [-0.2, -0.15) is 0 Å². The number of H-pyrrole nitrogens is 1. The Bertz CT molecular complexity index is 1830. The maximum absolute atomic E-state index is 12.9. The van der Waals surface area contributed by atoms with E-state index in [2.05, 4.69) is 68.1 Å². The van der Waals surface area contributed by atoms with Crippen LogP contribution in [-0.2, 0) is 29.2 Å². The molecule has 9 heteroatoms. The molecule has 1 saturated heterocycles. The fourth-order valence-corrected chi connectivity index (χ4v) is 5.79. The molecular formula is C33H35N5O4. The summed E-state index contributed by atoms with van der Waals surface area (Å²) >= 11 is 0. The summed E-state index contributed by atoms with van der Waals surface area (Å²) in [4.78, 5) is 45.1. The third kappa shape index (κ3) is 5.93. The lowest BCUT2D eigenvalue weighted by molar-refractivity contribution is -0.143. The highest BCUT2D eigenvalue weighted by atomic mass is 16.5. The largest absolute Gasteiger partial charge is 0.466 e. The summed E-state index contributed by atoms with van der Waals surface area (Å²) in [7, 11) is 0. The monoisotopic (exact) mass is 565 g/mol. The van der Waals surface area contributed by atoms with Gasteiger partial charge in [0.1, 0.15) is 0 Å². The van der Waals surface area contributed by atoms with E-state index in [0.717, 1.165) is 55.7 Å². The van der Waals surface area contributed by atoms with Gasteiger partial charge < -0.3 is 18.9 Å². The second kappa shape index (κ2) is 12.2. The topological polar surface area (TPSA) is 92.6 Å². The van der Waals surface area contributed by atoms with Crippen molar-refractivity contribution in [2.75, 3.05) is 32.8 Å². The Labute approximate surface area is 243 Å². The van der Waals surface area contributed by atoms with Gasteiger partial charge in [0, 0.05) is 69.3 Å². The van der Waals surface area contributed by atoms with Crippen molar-refractivity contribution in [2.45, 2.75) is 33.0 Å². The van der Waals surface area contributed by atoms with E-state index in [-0.39, 0.29) is 19.6 Å². The summed E-state index contributed by atoms with van der Waals surface area (Å²) in [5.41, 5.74) is 3.30. The van der Waals surface area contributed by atoms with Gasteiger partial charge in [-0.05, 0) is 47.7 Å². The number of hydrogen-bond donors (Lipinski definition) is 1. The van der Waals surface area contributed by atoms with Crippen LogP contribution in [0.2, 0.25) is 0 Å². The zero-order chi connectivity index (χ0) is 29.1. The van der Waals surface area contributed by atoms with Crippen molar-refractivity contribution >= 4 is 27.8 Å². The highest BCUT2D eigenvalue weighted by Gasteiger charge is 2.18. The van der Waals surface area contributed by atoms with Crippen LogP contribution in [0.3, 0.4) is 0 Å². The molecule has 0 aliphatic carbocycles. The minimum atomic E-state index is -0.710. The van der Waals surface area contributed by atoms with Gasteiger partial charge in [-0.3, -0.25) is 24.2 Å². The summed E-state index contributed by atoms with van der Waals surface area (Å²) in [6.07, 6.45) is 4.21. The number of rotatable bonds is 9. The molecule has 3 aromatic carbocycles.